The normalized spacial score (nSPS) is 16.4. The predicted molar refractivity (Wildman–Crippen MR) is 68.6 cm³/mol. The first-order valence-corrected chi connectivity index (χ1v) is 5.55. The van der Waals surface area contributed by atoms with E-state index < -0.39 is 0 Å². The third-order valence-corrected chi connectivity index (χ3v) is 3.23. The molecule has 0 heterocycles. The first-order valence-electron chi connectivity index (χ1n) is 5.55. The van der Waals surface area contributed by atoms with E-state index in [4.69, 9.17) is 0 Å². The van der Waals surface area contributed by atoms with E-state index in [0.717, 1.165) is 11.8 Å². The molecule has 2 atom stereocenters. The average Bonchev–Trinajstić information content (AvgIpc) is 2.04. The number of rotatable bonds is 5. The van der Waals surface area contributed by atoms with Gasteiger partial charge in [0, 0.05) is 0 Å². The monoisotopic (exact) mass is 198 g/mol. The van der Waals surface area contributed by atoms with Crippen LogP contribution in [-0.4, -0.2) is 0 Å². The van der Waals surface area contributed by atoms with E-state index in [2.05, 4.69) is 53.7 Å². The summed E-state index contributed by atoms with van der Waals surface area (Å²) in [6.45, 7) is 13.8. The molecule has 0 aromatic heterocycles. The van der Waals surface area contributed by atoms with Gasteiger partial charge in [-0.25, -0.2) is 0 Å². The van der Waals surface area contributed by atoms with Gasteiger partial charge < -0.3 is 0 Å². The highest BCUT2D eigenvalue weighted by Gasteiger charge is 2.21. The van der Waals surface area contributed by atoms with Crippen LogP contribution in [0.2, 0.25) is 0 Å². The Labute approximate surface area is 91.8 Å². The van der Waals surface area contributed by atoms with Crippen molar-refractivity contribution >= 4 is 0 Å². The fourth-order valence-electron chi connectivity index (χ4n) is 1.70. The fourth-order valence-corrected chi connectivity index (χ4v) is 1.70. The Bertz CT molecular complexity index is 153. The van der Waals surface area contributed by atoms with Crippen molar-refractivity contribution in [1.29, 1.82) is 0 Å². The minimum atomic E-state index is 0. The lowest BCUT2D eigenvalue weighted by Gasteiger charge is -2.28. The quantitative estimate of drug-likeness (QED) is 0.526. The van der Waals surface area contributed by atoms with Crippen LogP contribution in [0.1, 0.15) is 61.8 Å². The van der Waals surface area contributed by atoms with Crippen molar-refractivity contribution in [2.45, 2.75) is 61.8 Å². The molecule has 0 aliphatic heterocycles. The molecule has 0 radical (unpaired) electrons. The fraction of sp³-hybridized carbons (Fsp3) is 0.857. The molecule has 0 bridgehead atoms. The summed E-state index contributed by atoms with van der Waals surface area (Å²) in [4.78, 5) is 0. The minimum absolute atomic E-state index is 0. The first kappa shape index (κ1) is 16.2. The maximum Gasteiger partial charge on any atom is -0.0236 e. The van der Waals surface area contributed by atoms with Crippen molar-refractivity contribution in [3.8, 4) is 0 Å². The van der Waals surface area contributed by atoms with Gasteiger partial charge in [0.15, 0.2) is 0 Å². The Morgan fingerprint density at radius 1 is 1.21 bits per heavy atom. The van der Waals surface area contributed by atoms with Gasteiger partial charge in [-0.15, -0.1) is 0 Å². The summed E-state index contributed by atoms with van der Waals surface area (Å²) < 4.78 is 0. The van der Waals surface area contributed by atoms with Gasteiger partial charge in [-0.05, 0) is 30.6 Å². The number of allylic oxidation sites excluding steroid dienone is 2. The first-order chi connectivity index (χ1) is 5.93. The highest BCUT2D eigenvalue weighted by molar-refractivity contribution is 4.87. The van der Waals surface area contributed by atoms with Crippen molar-refractivity contribution in [3.63, 3.8) is 0 Å². The van der Waals surface area contributed by atoms with Crippen LogP contribution in [0.3, 0.4) is 0 Å². The highest BCUT2D eigenvalue weighted by atomic mass is 14.3. The Kier molecular flexibility index (Phi) is 8.19. The summed E-state index contributed by atoms with van der Waals surface area (Å²) in [5.74, 6) is 1.52. The van der Waals surface area contributed by atoms with Crippen LogP contribution in [0.25, 0.3) is 0 Å². The van der Waals surface area contributed by atoms with Crippen molar-refractivity contribution in [2.75, 3.05) is 0 Å². The van der Waals surface area contributed by atoms with Gasteiger partial charge in [-0.2, -0.15) is 0 Å². The van der Waals surface area contributed by atoms with Crippen LogP contribution in [0.5, 0.6) is 0 Å². The third kappa shape index (κ3) is 6.23. The summed E-state index contributed by atoms with van der Waals surface area (Å²) in [7, 11) is 0. The van der Waals surface area contributed by atoms with E-state index in [9.17, 15) is 0 Å². The van der Waals surface area contributed by atoms with E-state index in [1.54, 1.807) is 0 Å². The molecule has 14 heavy (non-hydrogen) atoms. The Hall–Kier alpha value is -0.260. The number of hydrogen-bond acceptors (Lipinski definition) is 0. The van der Waals surface area contributed by atoms with Crippen LogP contribution in [0, 0.1) is 17.3 Å². The molecule has 0 N–H and O–H groups in total. The van der Waals surface area contributed by atoms with Gasteiger partial charge in [0.1, 0.15) is 0 Å². The molecule has 0 aromatic rings. The maximum absolute atomic E-state index is 2.37. The molecule has 0 saturated heterocycles. The second-order valence-corrected chi connectivity index (χ2v) is 5.08. The zero-order valence-electron chi connectivity index (χ0n) is 10.2. The lowest BCUT2D eigenvalue weighted by molar-refractivity contribution is 0.241. The predicted octanol–water partition coefficient (Wildman–Crippen LogP) is 5.30. The van der Waals surface area contributed by atoms with Gasteiger partial charge >= 0.3 is 0 Å². The molecule has 0 nitrogen and oxygen atoms in total. The highest BCUT2D eigenvalue weighted by Crippen LogP contribution is 2.32. The molecule has 0 aromatic carbocycles. The molecule has 0 saturated carbocycles. The standard InChI is InChI=1S/C13H26.CH4/c1-7-9-11(3)12(4)10-13(5,6)8-2;/h7,9,11-12H,8,10H2,1-6H3;1H4/b9-7-;. The molecule has 0 amide bonds. The second-order valence-electron chi connectivity index (χ2n) is 5.08. The molecule has 0 aliphatic carbocycles. The summed E-state index contributed by atoms with van der Waals surface area (Å²) in [5, 5.41) is 0. The van der Waals surface area contributed by atoms with Crippen molar-refractivity contribution < 1.29 is 0 Å². The summed E-state index contributed by atoms with van der Waals surface area (Å²) in [6.07, 6.45) is 7.09. The third-order valence-electron chi connectivity index (χ3n) is 3.23. The lowest BCUT2D eigenvalue weighted by Crippen LogP contribution is -2.18. The SMILES string of the molecule is C.C/C=C\C(C)C(C)CC(C)(C)CC. The van der Waals surface area contributed by atoms with Crippen molar-refractivity contribution in [2.24, 2.45) is 17.3 Å². The van der Waals surface area contributed by atoms with Gasteiger partial charge in [0.2, 0.25) is 0 Å². The molecular formula is C14H30. The largest absolute Gasteiger partial charge is 0.0914 e. The molecule has 0 fully saturated rings. The lowest BCUT2D eigenvalue weighted by atomic mass is 9.77. The maximum atomic E-state index is 2.37. The van der Waals surface area contributed by atoms with Gasteiger partial charge in [0.05, 0.1) is 0 Å². The van der Waals surface area contributed by atoms with Crippen molar-refractivity contribution in [3.05, 3.63) is 12.2 Å². The Morgan fingerprint density at radius 2 is 1.71 bits per heavy atom. The van der Waals surface area contributed by atoms with Gasteiger partial charge in [0.25, 0.3) is 0 Å². The molecule has 2 unspecified atom stereocenters. The molecular weight excluding hydrogens is 168 g/mol. The smallest absolute Gasteiger partial charge is 0.0236 e. The van der Waals surface area contributed by atoms with E-state index in [0.29, 0.717) is 5.41 Å². The van der Waals surface area contributed by atoms with Crippen LogP contribution >= 0.6 is 0 Å². The average molecular weight is 198 g/mol. The molecule has 0 heteroatoms. The summed E-state index contributed by atoms with van der Waals surface area (Å²) in [6, 6.07) is 0. The zero-order chi connectivity index (χ0) is 10.5. The summed E-state index contributed by atoms with van der Waals surface area (Å²) >= 11 is 0. The van der Waals surface area contributed by atoms with Crippen LogP contribution < -0.4 is 0 Å². The van der Waals surface area contributed by atoms with Crippen molar-refractivity contribution in [1.82, 2.24) is 0 Å². The van der Waals surface area contributed by atoms with Gasteiger partial charge in [-0.1, -0.05) is 60.6 Å². The van der Waals surface area contributed by atoms with Crippen LogP contribution in [-0.2, 0) is 0 Å². The zero-order valence-corrected chi connectivity index (χ0v) is 10.2. The topological polar surface area (TPSA) is 0 Å². The van der Waals surface area contributed by atoms with Gasteiger partial charge in [-0.3, -0.25) is 0 Å². The Morgan fingerprint density at radius 3 is 2.07 bits per heavy atom. The van der Waals surface area contributed by atoms with E-state index >= 15 is 0 Å². The second kappa shape index (κ2) is 7.09. The van der Waals surface area contributed by atoms with E-state index in [-0.39, 0.29) is 7.43 Å². The summed E-state index contributed by atoms with van der Waals surface area (Å²) in [5.41, 5.74) is 0.509. The molecule has 0 aliphatic rings. The molecule has 86 valence electrons. The number of hydrogen-bond donors (Lipinski definition) is 0. The molecule has 0 spiro atoms. The van der Waals surface area contributed by atoms with Crippen LogP contribution in [0.15, 0.2) is 12.2 Å². The van der Waals surface area contributed by atoms with E-state index in [1.165, 1.54) is 12.8 Å². The minimum Gasteiger partial charge on any atom is -0.0914 e. The van der Waals surface area contributed by atoms with Crippen LogP contribution in [0.4, 0.5) is 0 Å². The van der Waals surface area contributed by atoms with E-state index in [1.807, 2.05) is 0 Å². The Balaban J connectivity index is 0. The molecule has 0 rings (SSSR count).